The molecule has 2 nitrogen and oxygen atoms in total. The summed E-state index contributed by atoms with van der Waals surface area (Å²) in [5.74, 6) is 1.21. The molecule has 1 rings (SSSR count). The third-order valence-corrected chi connectivity index (χ3v) is 3.74. The molecule has 1 aliphatic heterocycles. The molecule has 0 aromatic carbocycles. The Labute approximate surface area is 79.1 Å². The van der Waals surface area contributed by atoms with Crippen LogP contribution >= 0.6 is 11.8 Å². The highest BCUT2D eigenvalue weighted by atomic mass is 32.2. The molecule has 0 radical (unpaired) electrons. The minimum atomic E-state index is 0.270. The summed E-state index contributed by atoms with van der Waals surface area (Å²) in [7, 11) is 0. The lowest BCUT2D eigenvalue weighted by molar-refractivity contribution is 0.229. The zero-order valence-corrected chi connectivity index (χ0v) is 8.73. The minimum absolute atomic E-state index is 0.270. The number of aliphatic hydroxyl groups excluding tert-OH is 1. The van der Waals surface area contributed by atoms with Gasteiger partial charge < -0.3 is 10.4 Å². The van der Waals surface area contributed by atoms with Gasteiger partial charge in [0.1, 0.15) is 0 Å². The average Bonchev–Trinajstić information content (AvgIpc) is 2.47. The fraction of sp³-hybridized carbons (Fsp3) is 1.00. The van der Waals surface area contributed by atoms with E-state index in [1.807, 2.05) is 11.8 Å². The van der Waals surface area contributed by atoms with E-state index >= 15 is 0 Å². The predicted molar refractivity (Wildman–Crippen MR) is 54.6 cm³/mol. The Morgan fingerprint density at radius 2 is 2.42 bits per heavy atom. The fourth-order valence-electron chi connectivity index (χ4n) is 1.57. The monoisotopic (exact) mass is 189 g/mol. The molecule has 1 heterocycles. The molecule has 2 unspecified atom stereocenters. The maximum atomic E-state index is 8.98. The van der Waals surface area contributed by atoms with Gasteiger partial charge in [-0.25, -0.2) is 0 Å². The predicted octanol–water partition coefficient (Wildman–Crippen LogP) is 1.24. The van der Waals surface area contributed by atoms with E-state index in [9.17, 15) is 0 Å². The molecular weight excluding hydrogens is 170 g/mol. The molecule has 1 aliphatic rings. The van der Waals surface area contributed by atoms with Crippen molar-refractivity contribution in [2.45, 2.75) is 44.0 Å². The Morgan fingerprint density at radius 3 is 2.83 bits per heavy atom. The summed E-state index contributed by atoms with van der Waals surface area (Å²) >= 11 is 2.02. The van der Waals surface area contributed by atoms with Crippen molar-refractivity contribution in [3.63, 3.8) is 0 Å². The summed E-state index contributed by atoms with van der Waals surface area (Å²) in [6.45, 7) is 4.65. The van der Waals surface area contributed by atoms with Crippen molar-refractivity contribution in [1.29, 1.82) is 0 Å². The molecule has 0 aliphatic carbocycles. The van der Waals surface area contributed by atoms with Crippen LogP contribution in [0.5, 0.6) is 0 Å². The number of aliphatic hydroxyl groups is 1. The molecular formula is C9H19NOS. The van der Waals surface area contributed by atoms with Gasteiger partial charge in [0, 0.05) is 23.1 Å². The highest BCUT2D eigenvalue weighted by Crippen LogP contribution is 2.26. The summed E-state index contributed by atoms with van der Waals surface area (Å²) in [6.07, 6.45) is 2.27. The molecule has 0 aromatic heterocycles. The summed E-state index contributed by atoms with van der Waals surface area (Å²) in [6, 6.07) is 0.933. The molecule has 0 bridgehead atoms. The van der Waals surface area contributed by atoms with Crippen molar-refractivity contribution in [2.24, 2.45) is 0 Å². The summed E-state index contributed by atoms with van der Waals surface area (Å²) in [4.78, 5) is 0. The number of hydrogen-bond donors (Lipinski definition) is 2. The van der Waals surface area contributed by atoms with Gasteiger partial charge in [-0.3, -0.25) is 0 Å². The fourth-order valence-corrected chi connectivity index (χ4v) is 2.73. The van der Waals surface area contributed by atoms with Crippen LogP contribution in [0.3, 0.4) is 0 Å². The lowest BCUT2D eigenvalue weighted by Crippen LogP contribution is -2.40. The first-order valence-electron chi connectivity index (χ1n) is 4.74. The lowest BCUT2D eigenvalue weighted by Gasteiger charge is -2.19. The Hall–Kier alpha value is 0.270. The van der Waals surface area contributed by atoms with E-state index in [1.165, 1.54) is 12.2 Å². The summed E-state index contributed by atoms with van der Waals surface area (Å²) in [5, 5.41) is 13.2. The molecule has 3 heteroatoms. The first-order chi connectivity index (χ1) is 5.76. The van der Waals surface area contributed by atoms with Gasteiger partial charge in [-0.15, -0.1) is 0 Å². The van der Waals surface area contributed by atoms with Crippen molar-refractivity contribution in [1.82, 2.24) is 5.32 Å². The largest absolute Gasteiger partial charge is 0.395 e. The Morgan fingerprint density at radius 1 is 1.67 bits per heavy atom. The van der Waals surface area contributed by atoms with Crippen molar-refractivity contribution in [2.75, 3.05) is 12.4 Å². The molecule has 72 valence electrons. The Kier molecular flexibility index (Phi) is 4.40. The smallest absolute Gasteiger partial charge is 0.0584 e. The zero-order chi connectivity index (χ0) is 8.97. The molecule has 0 spiro atoms. The topological polar surface area (TPSA) is 32.3 Å². The first-order valence-corrected chi connectivity index (χ1v) is 5.79. The van der Waals surface area contributed by atoms with E-state index in [1.54, 1.807) is 0 Å². The van der Waals surface area contributed by atoms with E-state index in [0.29, 0.717) is 12.1 Å². The average molecular weight is 189 g/mol. The van der Waals surface area contributed by atoms with Crippen molar-refractivity contribution in [3.8, 4) is 0 Å². The number of nitrogens with one attached hydrogen (secondary N) is 1. The van der Waals surface area contributed by atoms with E-state index in [4.69, 9.17) is 5.11 Å². The van der Waals surface area contributed by atoms with E-state index in [-0.39, 0.29) is 6.61 Å². The molecule has 12 heavy (non-hydrogen) atoms. The highest BCUT2D eigenvalue weighted by molar-refractivity contribution is 8.00. The second-order valence-corrected chi connectivity index (χ2v) is 5.00. The third-order valence-electron chi connectivity index (χ3n) is 2.38. The van der Waals surface area contributed by atoms with Gasteiger partial charge in [-0.2, -0.15) is 11.8 Å². The van der Waals surface area contributed by atoms with Gasteiger partial charge in [0.15, 0.2) is 0 Å². The van der Waals surface area contributed by atoms with Crippen molar-refractivity contribution < 1.29 is 5.11 Å². The van der Waals surface area contributed by atoms with Crippen LogP contribution < -0.4 is 5.32 Å². The maximum Gasteiger partial charge on any atom is 0.0584 e. The summed E-state index contributed by atoms with van der Waals surface area (Å²) < 4.78 is 0. The van der Waals surface area contributed by atoms with Gasteiger partial charge in [-0.05, 0) is 12.8 Å². The third kappa shape index (κ3) is 2.96. The van der Waals surface area contributed by atoms with Crippen LogP contribution in [0.4, 0.5) is 0 Å². The highest BCUT2D eigenvalue weighted by Gasteiger charge is 2.23. The van der Waals surface area contributed by atoms with E-state index in [0.717, 1.165) is 11.7 Å². The Balaban J connectivity index is 2.21. The molecule has 3 atom stereocenters. The second kappa shape index (κ2) is 5.10. The lowest BCUT2D eigenvalue weighted by atomic mass is 10.1. The van der Waals surface area contributed by atoms with Crippen LogP contribution in [0.2, 0.25) is 0 Å². The minimum Gasteiger partial charge on any atom is -0.395 e. The molecule has 0 amide bonds. The van der Waals surface area contributed by atoms with Gasteiger partial charge in [0.05, 0.1) is 6.61 Å². The molecule has 1 fully saturated rings. The van der Waals surface area contributed by atoms with Crippen LogP contribution in [0.1, 0.15) is 26.7 Å². The SMILES string of the molecule is CC[C@@H](CO)NC1CSC(C)C1. The number of rotatable bonds is 4. The zero-order valence-electron chi connectivity index (χ0n) is 7.92. The first kappa shape index (κ1) is 10.4. The van der Waals surface area contributed by atoms with Crippen LogP contribution in [0, 0.1) is 0 Å². The second-order valence-electron chi connectivity index (χ2n) is 3.53. The van der Waals surface area contributed by atoms with Gasteiger partial charge in [-0.1, -0.05) is 13.8 Å². The van der Waals surface area contributed by atoms with Crippen molar-refractivity contribution in [3.05, 3.63) is 0 Å². The number of thioether (sulfide) groups is 1. The van der Waals surface area contributed by atoms with E-state index in [2.05, 4.69) is 19.2 Å². The van der Waals surface area contributed by atoms with Crippen molar-refractivity contribution >= 4 is 11.8 Å². The van der Waals surface area contributed by atoms with Gasteiger partial charge in [0.2, 0.25) is 0 Å². The standard InChI is InChI=1S/C9H19NOS/c1-3-8(5-11)10-9-4-7(2)12-6-9/h7-11H,3-6H2,1-2H3/t7?,8-,9?/m0/s1. The van der Waals surface area contributed by atoms with Crippen LogP contribution in [0.25, 0.3) is 0 Å². The van der Waals surface area contributed by atoms with Crippen LogP contribution in [-0.2, 0) is 0 Å². The number of hydrogen-bond acceptors (Lipinski definition) is 3. The van der Waals surface area contributed by atoms with Gasteiger partial charge in [0.25, 0.3) is 0 Å². The summed E-state index contributed by atoms with van der Waals surface area (Å²) in [5.41, 5.74) is 0. The maximum absolute atomic E-state index is 8.98. The molecule has 2 N–H and O–H groups in total. The van der Waals surface area contributed by atoms with E-state index < -0.39 is 0 Å². The van der Waals surface area contributed by atoms with Gasteiger partial charge >= 0.3 is 0 Å². The van der Waals surface area contributed by atoms with Crippen LogP contribution in [-0.4, -0.2) is 34.8 Å². The molecule has 1 saturated heterocycles. The Bertz CT molecular complexity index is 128. The quantitative estimate of drug-likeness (QED) is 0.698. The molecule has 0 aromatic rings. The molecule has 0 saturated carbocycles. The normalized spacial score (nSPS) is 32.2. The van der Waals surface area contributed by atoms with Crippen LogP contribution in [0.15, 0.2) is 0 Å².